The van der Waals surface area contributed by atoms with E-state index in [1.807, 2.05) is 68.4 Å². The first-order valence-corrected chi connectivity index (χ1v) is 14.5. The van der Waals surface area contributed by atoms with E-state index in [-0.39, 0.29) is 35.9 Å². The molecule has 0 saturated heterocycles. The molecule has 0 aliphatic rings. The fourth-order valence-corrected chi connectivity index (χ4v) is 5.52. The van der Waals surface area contributed by atoms with Gasteiger partial charge in [-0.2, -0.15) is 0 Å². The normalized spacial score (nSPS) is 12.6. The molecule has 3 aromatic carbocycles. The van der Waals surface area contributed by atoms with Gasteiger partial charge in [0.2, 0.25) is 11.8 Å². The van der Waals surface area contributed by atoms with Gasteiger partial charge in [-0.05, 0) is 48.7 Å². The van der Waals surface area contributed by atoms with Crippen LogP contribution >= 0.6 is 39.3 Å². The molecule has 3 aromatic rings. The Morgan fingerprint density at radius 1 is 1.05 bits per heavy atom. The van der Waals surface area contributed by atoms with Gasteiger partial charge in [-0.15, -0.1) is 11.8 Å². The summed E-state index contributed by atoms with van der Waals surface area (Å²) in [5, 5.41) is 3.40. The lowest BCUT2D eigenvalue weighted by atomic mass is 10.0. The molecule has 37 heavy (non-hydrogen) atoms. The maximum atomic E-state index is 14.2. The average Bonchev–Trinajstić information content (AvgIpc) is 2.88. The summed E-state index contributed by atoms with van der Waals surface area (Å²) < 4.78 is 15.1. The molecule has 0 heterocycles. The number of benzene rings is 3. The Bertz CT molecular complexity index is 1180. The second kappa shape index (κ2) is 14.6. The maximum absolute atomic E-state index is 14.2. The third-order valence-electron chi connectivity index (χ3n) is 6.05. The Hall–Kier alpha value is -2.35. The van der Waals surface area contributed by atoms with Gasteiger partial charge in [-0.3, -0.25) is 9.59 Å². The first-order valence-electron chi connectivity index (χ1n) is 12.2. The summed E-state index contributed by atoms with van der Waals surface area (Å²) in [6, 6.07) is 21.2. The van der Waals surface area contributed by atoms with Gasteiger partial charge < -0.3 is 10.2 Å². The number of hydrogen-bond acceptors (Lipinski definition) is 3. The van der Waals surface area contributed by atoms with E-state index in [4.69, 9.17) is 11.6 Å². The molecule has 2 atom stereocenters. The molecular formula is C29H31BrClFN2O2S. The van der Waals surface area contributed by atoms with Crippen molar-refractivity contribution in [2.45, 2.75) is 51.1 Å². The monoisotopic (exact) mass is 604 g/mol. The number of rotatable bonds is 12. The summed E-state index contributed by atoms with van der Waals surface area (Å²) in [5.74, 6) is -0.444. The lowest BCUT2D eigenvalue weighted by molar-refractivity contribution is -0.139. The van der Waals surface area contributed by atoms with Gasteiger partial charge in [-0.1, -0.05) is 83.0 Å². The predicted octanol–water partition coefficient (Wildman–Crippen LogP) is 7.03. The predicted molar refractivity (Wildman–Crippen MR) is 154 cm³/mol. The smallest absolute Gasteiger partial charge is 0.243 e. The van der Waals surface area contributed by atoms with Crippen molar-refractivity contribution in [2.75, 3.05) is 5.75 Å². The van der Waals surface area contributed by atoms with Crippen molar-refractivity contribution in [3.8, 4) is 0 Å². The zero-order valence-corrected chi connectivity index (χ0v) is 24.1. The van der Waals surface area contributed by atoms with Gasteiger partial charge in [0.15, 0.2) is 0 Å². The van der Waals surface area contributed by atoms with Crippen LogP contribution in [0.2, 0.25) is 5.02 Å². The number of thioether (sulfide) groups is 1. The molecule has 0 bridgehead atoms. The summed E-state index contributed by atoms with van der Waals surface area (Å²) in [4.78, 5) is 28.8. The zero-order chi connectivity index (χ0) is 26.8. The number of carbonyl (C=O) groups excluding carboxylic acids is 2. The van der Waals surface area contributed by atoms with E-state index in [9.17, 15) is 14.0 Å². The van der Waals surface area contributed by atoms with E-state index < -0.39 is 11.9 Å². The average molecular weight is 606 g/mol. The van der Waals surface area contributed by atoms with E-state index in [0.29, 0.717) is 17.0 Å². The summed E-state index contributed by atoms with van der Waals surface area (Å²) in [7, 11) is 0. The fraction of sp³-hybridized carbons (Fsp3) is 0.310. The lowest BCUT2D eigenvalue weighted by Gasteiger charge is -2.32. The highest BCUT2D eigenvalue weighted by atomic mass is 79.9. The van der Waals surface area contributed by atoms with Crippen LogP contribution in [0.1, 0.15) is 37.0 Å². The second-order valence-corrected chi connectivity index (χ2v) is 11.2. The summed E-state index contributed by atoms with van der Waals surface area (Å²) in [6.45, 7) is 4.22. The SMILES string of the molecule is CC[C@@H](C)NC(=O)[C@@H](Cc1ccccc1)N(Cc1cccc(Br)c1)C(=O)CSCc1c(F)cccc1Cl. The largest absolute Gasteiger partial charge is 0.352 e. The van der Waals surface area contributed by atoms with Crippen molar-refractivity contribution in [3.63, 3.8) is 0 Å². The van der Waals surface area contributed by atoms with Crippen molar-refractivity contribution in [1.82, 2.24) is 10.2 Å². The standard InChI is InChI=1S/C29H31BrClFN2O2S/c1-3-20(2)33-29(36)27(16-21-9-5-4-6-10-21)34(17-22-11-7-12-23(30)15-22)28(35)19-37-18-24-25(31)13-8-14-26(24)32/h4-15,20,27H,3,16-19H2,1-2H3,(H,33,36)/t20-,27-/m1/s1. The number of carbonyl (C=O) groups is 2. The number of hydrogen-bond donors (Lipinski definition) is 1. The third-order valence-corrected chi connectivity index (χ3v) is 7.84. The minimum Gasteiger partial charge on any atom is -0.352 e. The van der Waals surface area contributed by atoms with Crippen LogP contribution < -0.4 is 5.32 Å². The van der Waals surface area contributed by atoms with Crippen LogP contribution in [0.4, 0.5) is 4.39 Å². The maximum Gasteiger partial charge on any atom is 0.243 e. The van der Waals surface area contributed by atoms with Crippen LogP contribution in [-0.2, 0) is 28.3 Å². The first-order chi connectivity index (χ1) is 17.8. The van der Waals surface area contributed by atoms with Crippen molar-refractivity contribution < 1.29 is 14.0 Å². The van der Waals surface area contributed by atoms with E-state index in [1.54, 1.807) is 17.0 Å². The molecule has 0 spiro atoms. The highest BCUT2D eigenvalue weighted by molar-refractivity contribution is 9.10. The van der Waals surface area contributed by atoms with Crippen molar-refractivity contribution in [1.29, 1.82) is 0 Å². The first kappa shape index (κ1) is 29.2. The van der Waals surface area contributed by atoms with E-state index in [2.05, 4.69) is 21.2 Å². The van der Waals surface area contributed by atoms with Crippen molar-refractivity contribution in [3.05, 3.63) is 105 Å². The topological polar surface area (TPSA) is 49.4 Å². The Morgan fingerprint density at radius 2 is 1.76 bits per heavy atom. The molecule has 0 radical (unpaired) electrons. The van der Waals surface area contributed by atoms with Crippen molar-refractivity contribution in [2.24, 2.45) is 0 Å². The van der Waals surface area contributed by atoms with Crippen LogP contribution in [0.15, 0.2) is 77.3 Å². The fourth-order valence-electron chi connectivity index (χ4n) is 3.82. The summed E-state index contributed by atoms with van der Waals surface area (Å²) in [6.07, 6.45) is 1.16. The molecule has 3 rings (SSSR count). The molecule has 196 valence electrons. The summed E-state index contributed by atoms with van der Waals surface area (Å²) >= 11 is 10.9. The van der Waals surface area contributed by atoms with Crippen LogP contribution in [0.3, 0.4) is 0 Å². The quantitative estimate of drug-likeness (QED) is 0.241. The summed E-state index contributed by atoms with van der Waals surface area (Å²) in [5.41, 5.74) is 2.24. The molecule has 0 saturated carbocycles. The minimum atomic E-state index is -0.708. The molecule has 4 nitrogen and oxygen atoms in total. The molecular weight excluding hydrogens is 575 g/mol. The number of amides is 2. The van der Waals surface area contributed by atoms with Gasteiger partial charge in [0.05, 0.1) is 5.75 Å². The van der Waals surface area contributed by atoms with Crippen molar-refractivity contribution >= 4 is 51.1 Å². The highest BCUT2D eigenvalue weighted by Crippen LogP contribution is 2.25. The van der Waals surface area contributed by atoms with Gasteiger partial charge in [-0.25, -0.2) is 4.39 Å². The van der Waals surface area contributed by atoms with Gasteiger partial charge in [0.25, 0.3) is 0 Å². The van der Waals surface area contributed by atoms with Crippen LogP contribution in [0.5, 0.6) is 0 Å². The zero-order valence-electron chi connectivity index (χ0n) is 20.9. The lowest BCUT2D eigenvalue weighted by Crippen LogP contribution is -2.52. The molecule has 2 amide bonds. The number of halogens is 3. The van der Waals surface area contributed by atoms with E-state index >= 15 is 0 Å². The highest BCUT2D eigenvalue weighted by Gasteiger charge is 2.31. The van der Waals surface area contributed by atoms with Crippen LogP contribution in [-0.4, -0.2) is 34.6 Å². The minimum absolute atomic E-state index is 0.0221. The van der Waals surface area contributed by atoms with Crippen LogP contribution in [0, 0.1) is 5.82 Å². The Morgan fingerprint density at radius 3 is 2.43 bits per heavy atom. The van der Waals surface area contributed by atoms with Gasteiger partial charge in [0.1, 0.15) is 11.9 Å². The molecule has 8 heteroatoms. The van der Waals surface area contributed by atoms with Gasteiger partial charge >= 0.3 is 0 Å². The number of nitrogens with one attached hydrogen (secondary N) is 1. The van der Waals surface area contributed by atoms with Crippen LogP contribution in [0.25, 0.3) is 0 Å². The number of nitrogens with zero attached hydrogens (tertiary/aromatic N) is 1. The van der Waals surface area contributed by atoms with E-state index in [0.717, 1.165) is 22.0 Å². The Balaban J connectivity index is 1.88. The third kappa shape index (κ3) is 8.87. The molecule has 0 aliphatic heterocycles. The molecule has 0 unspecified atom stereocenters. The molecule has 0 fully saturated rings. The van der Waals surface area contributed by atoms with Gasteiger partial charge in [0, 0.05) is 39.8 Å². The van der Waals surface area contributed by atoms with E-state index in [1.165, 1.54) is 17.8 Å². The Kier molecular flexibility index (Phi) is 11.5. The second-order valence-electron chi connectivity index (χ2n) is 8.87. The molecule has 0 aliphatic carbocycles. The Labute approximate surface area is 236 Å². The molecule has 1 N–H and O–H groups in total. The molecule has 0 aromatic heterocycles.